The van der Waals surface area contributed by atoms with E-state index in [1.807, 2.05) is 24.3 Å². The smallest absolute Gasteiger partial charge is 0.342 e. The fourth-order valence-electron chi connectivity index (χ4n) is 2.88. The topological polar surface area (TPSA) is 143 Å². The molecule has 3 rings (SSSR count). The highest BCUT2D eigenvalue weighted by Crippen LogP contribution is 2.38. The maximum absolute atomic E-state index is 12.3. The Morgan fingerprint density at radius 1 is 1.07 bits per heavy atom. The first-order valence-corrected chi connectivity index (χ1v) is 9.55. The van der Waals surface area contributed by atoms with Gasteiger partial charge in [0.25, 0.3) is 5.56 Å². The maximum Gasteiger partial charge on any atom is 0.342 e. The molecule has 2 aromatic carbocycles. The van der Waals surface area contributed by atoms with Gasteiger partial charge in [-0.3, -0.25) is 4.79 Å². The van der Waals surface area contributed by atoms with Crippen LogP contribution >= 0.6 is 27.5 Å². The Labute approximate surface area is 183 Å². The molecule has 0 radical (unpaired) electrons. The van der Waals surface area contributed by atoms with Crippen LogP contribution in [0.15, 0.2) is 51.7 Å². The van der Waals surface area contributed by atoms with E-state index in [1.165, 1.54) is 18.2 Å². The molecule has 0 atom stereocenters. The molecular formula is C20H14BrClN2O6. The third-order valence-electron chi connectivity index (χ3n) is 4.19. The van der Waals surface area contributed by atoms with Gasteiger partial charge in [0.15, 0.2) is 0 Å². The number of pyridine rings is 1. The van der Waals surface area contributed by atoms with E-state index >= 15 is 0 Å². The molecule has 0 fully saturated rings. The van der Waals surface area contributed by atoms with Crippen molar-refractivity contribution in [2.75, 3.05) is 5.73 Å². The van der Waals surface area contributed by atoms with E-state index in [2.05, 4.69) is 20.9 Å². The van der Waals surface area contributed by atoms with E-state index in [1.54, 1.807) is 0 Å². The molecule has 0 saturated carbocycles. The van der Waals surface area contributed by atoms with Crippen molar-refractivity contribution >= 4 is 45.3 Å². The van der Waals surface area contributed by atoms with E-state index in [9.17, 15) is 24.6 Å². The summed E-state index contributed by atoms with van der Waals surface area (Å²) in [5.74, 6) is -3.48. The van der Waals surface area contributed by atoms with Gasteiger partial charge in [-0.05, 0) is 35.9 Å². The molecule has 0 aliphatic rings. The molecule has 0 aliphatic heterocycles. The number of ether oxygens (including phenoxy) is 1. The van der Waals surface area contributed by atoms with Crippen molar-refractivity contribution in [2.24, 2.45) is 0 Å². The number of halogens is 2. The van der Waals surface area contributed by atoms with Crippen LogP contribution in [0.25, 0.3) is 11.1 Å². The van der Waals surface area contributed by atoms with Crippen LogP contribution in [0.4, 0.5) is 5.82 Å². The molecule has 0 amide bonds. The summed E-state index contributed by atoms with van der Waals surface area (Å²) in [6.45, 7) is 0.103. The Morgan fingerprint density at radius 3 is 2.30 bits per heavy atom. The Kier molecular flexibility index (Phi) is 6.14. The van der Waals surface area contributed by atoms with E-state index in [4.69, 9.17) is 22.1 Å². The van der Waals surface area contributed by atoms with Crippen molar-refractivity contribution in [1.82, 2.24) is 4.98 Å². The molecule has 1 heterocycles. The predicted octanol–water partition coefficient (Wildman–Crippen LogP) is 4.02. The van der Waals surface area contributed by atoms with Crippen LogP contribution in [-0.2, 0) is 6.61 Å². The average molecular weight is 494 g/mol. The lowest BCUT2D eigenvalue weighted by Gasteiger charge is -2.16. The highest BCUT2D eigenvalue weighted by atomic mass is 79.9. The third kappa shape index (κ3) is 4.32. The van der Waals surface area contributed by atoms with Crippen LogP contribution in [0.1, 0.15) is 26.3 Å². The van der Waals surface area contributed by atoms with Crippen LogP contribution in [0.3, 0.4) is 0 Å². The van der Waals surface area contributed by atoms with Gasteiger partial charge in [0, 0.05) is 20.6 Å². The predicted molar refractivity (Wildman–Crippen MR) is 114 cm³/mol. The van der Waals surface area contributed by atoms with Gasteiger partial charge >= 0.3 is 11.9 Å². The third-order valence-corrected chi connectivity index (χ3v) is 4.95. The SMILES string of the molecule is Nc1[nH]c(=O)c(C(=O)O)c(-c2cc(Cl)ccc2OCc2ccc(Br)cc2)c1C(=O)O. The van der Waals surface area contributed by atoms with Crippen LogP contribution in [-0.4, -0.2) is 27.1 Å². The Balaban J connectivity index is 2.21. The van der Waals surface area contributed by atoms with Gasteiger partial charge in [0.05, 0.1) is 0 Å². The molecule has 8 nitrogen and oxygen atoms in total. The summed E-state index contributed by atoms with van der Waals surface area (Å²) in [5.41, 5.74) is 3.74. The minimum Gasteiger partial charge on any atom is -0.488 e. The number of aromatic amines is 1. The van der Waals surface area contributed by atoms with Gasteiger partial charge in [-0.2, -0.15) is 0 Å². The molecule has 30 heavy (non-hydrogen) atoms. The second kappa shape index (κ2) is 8.60. The van der Waals surface area contributed by atoms with Crippen LogP contribution in [0.2, 0.25) is 5.02 Å². The van der Waals surface area contributed by atoms with Crippen molar-refractivity contribution in [2.45, 2.75) is 6.61 Å². The monoisotopic (exact) mass is 492 g/mol. The quantitative estimate of drug-likeness (QED) is 0.406. The summed E-state index contributed by atoms with van der Waals surface area (Å²) < 4.78 is 6.69. The summed E-state index contributed by atoms with van der Waals surface area (Å²) in [5, 5.41) is 19.4. The molecule has 0 saturated heterocycles. The molecule has 0 spiro atoms. The number of hydrogen-bond acceptors (Lipinski definition) is 5. The van der Waals surface area contributed by atoms with E-state index in [-0.39, 0.29) is 28.5 Å². The largest absolute Gasteiger partial charge is 0.488 e. The molecule has 0 aliphatic carbocycles. The first kappa shape index (κ1) is 21.4. The maximum atomic E-state index is 12.3. The number of benzene rings is 2. The number of hydrogen-bond donors (Lipinski definition) is 4. The number of H-pyrrole nitrogens is 1. The summed E-state index contributed by atoms with van der Waals surface area (Å²) >= 11 is 9.41. The second-order valence-electron chi connectivity index (χ2n) is 6.16. The number of aromatic carboxylic acids is 2. The normalized spacial score (nSPS) is 10.6. The highest BCUT2D eigenvalue weighted by molar-refractivity contribution is 9.10. The molecule has 3 aromatic rings. The van der Waals surface area contributed by atoms with Crippen LogP contribution < -0.4 is 16.0 Å². The zero-order chi connectivity index (χ0) is 22.0. The minimum absolute atomic E-state index is 0.0206. The number of nitrogens with one attached hydrogen (secondary N) is 1. The summed E-state index contributed by atoms with van der Waals surface area (Å²) in [6, 6.07) is 11.6. The van der Waals surface area contributed by atoms with Crippen molar-refractivity contribution in [3.63, 3.8) is 0 Å². The second-order valence-corrected chi connectivity index (χ2v) is 7.51. The van der Waals surface area contributed by atoms with Gasteiger partial charge in [-0.15, -0.1) is 0 Å². The standard InChI is InChI=1S/C20H14BrClN2O6/c21-10-3-1-9(2-4-10)8-30-13-6-5-11(22)7-12(13)14-15(19(26)27)17(23)24-18(25)16(14)20(28)29/h1-7H,8H2,(H,26,27)(H,28,29)(H3,23,24,25). The number of anilines is 1. The van der Waals surface area contributed by atoms with Gasteiger partial charge in [0.2, 0.25) is 0 Å². The number of carbonyl (C=O) groups is 2. The zero-order valence-electron chi connectivity index (χ0n) is 15.1. The van der Waals surface area contributed by atoms with Gasteiger partial charge in [-0.25, -0.2) is 9.59 Å². The number of nitrogen functional groups attached to an aromatic ring is 1. The number of nitrogens with two attached hydrogens (primary N) is 1. The minimum atomic E-state index is -1.62. The van der Waals surface area contributed by atoms with E-state index in [0.717, 1.165) is 10.0 Å². The van der Waals surface area contributed by atoms with E-state index < -0.39 is 34.4 Å². The van der Waals surface area contributed by atoms with Crippen molar-refractivity contribution in [3.8, 4) is 16.9 Å². The zero-order valence-corrected chi connectivity index (χ0v) is 17.5. The van der Waals surface area contributed by atoms with Crippen molar-refractivity contribution < 1.29 is 24.5 Å². The average Bonchev–Trinajstić information content (AvgIpc) is 2.66. The summed E-state index contributed by atoms with van der Waals surface area (Å²) in [4.78, 5) is 37.9. The lowest BCUT2D eigenvalue weighted by molar-refractivity contribution is 0.0695. The Morgan fingerprint density at radius 2 is 1.70 bits per heavy atom. The fourth-order valence-corrected chi connectivity index (χ4v) is 3.32. The van der Waals surface area contributed by atoms with Gasteiger partial charge < -0.3 is 25.7 Å². The summed E-state index contributed by atoms with van der Waals surface area (Å²) in [7, 11) is 0. The van der Waals surface area contributed by atoms with E-state index in [0.29, 0.717) is 0 Å². The molecule has 0 bridgehead atoms. The molecule has 1 aromatic heterocycles. The van der Waals surface area contributed by atoms with Crippen molar-refractivity contribution in [3.05, 3.63) is 79.0 Å². The molecule has 0 unspecified atom stereocenters. The lowest BCUT2D eigenvalue weighted by atomic mass is 9.94. The van der Waals surface area contributed by atoms with Crippen LogP contribution in [0.5, 0.6) is 5.75 Å². The molecular weight excluding hydrogens is 480 g/mol. The number of rotatable bonds is 6. The Bertz CT molecular complexity index is 1210. The van der Waals surface area contributed by atoms with Gasteiger partial charge in [0.1, 0.15) is 29.3 Å². The first-order chi connectivity index (χ1) is 14.2. The lowest BCUT2D eigenvalue weighted by Crippen LogP contribution is -2.24. The number of carboxylic acid groups (broad SMARTS) is 2. The van der Waals surface area contributed by atoms with Gasteiger partial charge in [-0.1, -0.05) is 39.7 Å². The molecule has 10 heteroatoms. The number of aromatic nitrogens is 1. The van der Waals surface area contributed by atoms with Crippen molar-refractivity contribution in [1.29, 1.82) is 0 Å². The Hall–Kier alpha value is -3.30. The summed E-state index contributed by atoms with van der Waals surface area (Å²) in [6.07, 6.45) is 0. The fraction of sp³-hybridized carbons (Fsp3) is 0.0500. The highest BCUT2D eigenvalue weighted by Gasteiger charge is 2.28. The van der Waals surface area contributed by atoms with Crippen LogP contribution in [0, 0.1) is 0 Å². The molecule has 154 valence electrons. The first-order valence-electron chi connectivity index (χ1n) is 8.38. The number of carboxylic acids is 2. The molecule has 5 N–H and O–H groups in total.